The Hall–Kier alpha value is -0.160. The molecule has 5 atom stereocenters. The summed E-state index contributed by atoms with van der Waals surface area (Å²) in [5.41, 5.74) is 0. The zero-order valence-electron chi connectivity index (χ0n) is 19.6. The minimum absolute atomic E-state index is 0.213. The van der Waals surface area contributed by atoms with Crippen molar-refractivity contribution >= 4 is 0 Å². The summed E-state index contributed by atoms with van der Waals surface area (Å²) in [5.74, 6) is -0.213. The molecule has 2 N–H and O–H groups in total. The van der Waals surface area contributed by atoms with Gasteiger partial charge in [-0.1, -0.05) is 110 Å². The van der Waals surface area contributed by atoms with E-state index in [-0.39, 0.29) is 12.0 Å². The quantitative estimate of drug-likeness (QED) is 0.256. The number of hydrogen-bond donors (Lipinski definition) is 2. The molecule has 0 radical (unpaired) electrons. The number of aliphatic hydroxyl groups is 2. The van der Waals surface area contributed by atoms with Crippen molar-refractivity contribution in [3.8, 4) is 0 Å². The lowest BCUT2D eigenvalue weighted by atomic mass is 9.91. The second-order valence-corrected chi connectivity index (χ2v) is 9.22. The largest absolute Gasteiger partial charge is 0.390 e. The Balaban J connectivity index is 1.81. The Bertz CT molecular complexity index is 363. The van der Waals surface area contributed by atoms with E-state index < -0.39 is 18.5 Å². The van der Waals surface area contributed by atoms with Gasteiger partial charge in [0.1, 0.15) is 6.10 Å². The van der Waals surface area contributed by atoms with Gasteiger partial charge in [-0.3, -0.25) is 0 Å². The average molecular weight is 415 g/mol. The molecule has 0 aromatic carbocycles. The van der Waals surface area contributed by atoms with Crippen LogP contribution in [-0.2, 0) is 9.47 Å². The molecule has 5 unspecified atom stereocenters. The van der Waals surface area contributed by atoms with Gasteiger partial charge in [0.25, 0.3) is 0 Å². The first kappa shape index (κ1) is 26.9. The highest BCUT2D eigenvalue weighted by molar-refractivity contribution is 4.84. The van der Waals surface area contributed by atoms with Crippen molar-refractivity contribution in [1.82, 2.24) is 0 Å². The van der Waals surface area contributed by atoms with Crippen LogP contribution in [0.2, 0.25) is 0 Å². The van der Waals surface area contributed by atoms with E-state index >= 15 is 0 Å². The van der Waals surface area contributed by atoms with Gasteiger partial charge in [0, 0.05) is 12.5 Å². The Kier molecular flexibility index (Phi) is 16.2. The van der Waals surface area contributed by atoms with E-state index in [4.69, 9.17) is 9.47 Å². The normalized spacial score (nSPS) is 27.4. The number of aliphatic hydroxyl groups excluding tert-OH is 2. The van der Waals surface area contributed by atoms with E-state index in [1.807, 2.05) is 13.8 Å². The lowest BCUT2D eigenvalue weighted by Gasteiger charge is -2.40. The molecule has 1 aliphatic heterocycles. The van der Waals surface area contributed by atoms with E-state index in [2.05, 4.69) is 6.92 Å². The smallest absolute Gasteiger partial charge is 0.184 e. The fourth-order valence-electron chi connectivity index (χ4n) is 4.24. The van der Waals surface area contributed by atoms with Crippen molar-refractivity contribution < 1.29 is 19.7 Å². The Morgan fingerprint density at radius 1 is 0.621 bits per heavy atom. The van der Waals surface area contributed by atoms with Gasteiger partial charge in [-0.15, -0.1) is 0 Å². The predicted octanol–water partition coefficient (Wildman–Crippen LogP) is 6.37. The molecule has 0 amide bonds. The predicted molar refractivity (Wildman–Crippen MR) is 121 cm³/mol. The number of rotatable bonds is 18. The van der Waals surface area contributed by atoms with Gasteiger partial charge in [0.05, 0.1) is 12.2 Å². The SMILES string of the molecule is CCCCCCCCCCCCCCCCCCOC1OC(C)C(O)C(C)C1O. The molecule has 0 aromatic rings. The van der Waals surface area contributed by atoms with Crippen molar-refractivity contribution in [3.63, 3.8) is 0 Å². The van der Waals surface area contributed by atoms with Crippen molar-refractivity contribution in [1.29, 1.82) is 0 Å². The van der Waals surface area contributed by atoms with Gasteiger partial charge in [-0.2, -0.15) is 0 Å². The van der Waals surface area contributed by atoms with E-state index in [9.17, 15) is 10.2 Å². The molecule has 1 saturated heterocycles. The minimum Gasteiger partial charge on any atom is -0.390 e. The molecule has 1 heterocycles. The molecular weight excluding hydrogens is 364 g/mol. The van der Waals surface area contributed by atoms with Gasteiger partial charge >= 0.3 is 0 Å². The summed E-state index contributed by atoms with van der Waals surface area (Å²) in [7, 11) is 0. The van der Waals surface area contributed by atoms with Crippen LogP contribution in [-0.4, -0.2) is 41.4 Å². The van der Waals surface area contributed by atoms with Crippen molar-refractivity contribution in [3.05, 3.63) is 0 Å². The maximum absolute atomic E-state index is 10.2. The molecular formula is C25H50O4. The van der Waals surface area contributed by atoms with Crippen LogP contribution in [0, 0.1) is 5.92 Å². The summed E-state index contributed by atoms with van der Waals surface area (Å²) in [5, 5.41) is 20.1. The first-order valence-corrected chi connectivity index (χ1v) is 12.7. The van der Waals surface area contributed by atoms with E-state index in [1.54, 1.807) is 0 Å². The van der Waals surface area contributed by atoms with Crippen LogP contribution >= 0.6 is 0 Å². The highest BCUT2D eigenvalue weighted by atomic mass is 16.7. The standard InChI is InChI=1S/C25H50O4/c1-4-5-6-7-8-9-10-11-12-13-14-15-16-17-18-19-20-28-25-24(27)21(2)23(26)22(3)29-25/h21-27H,4-20H2,1-3H3. The first-order chi connectivity index (χ1) is 14.1. The molecule has 0 aliphatic carbocycles. The summed E-state index contributed by atoms with van der Waals surface area (Å²) in [6.07, 6.45) is 19.4. The van der Waals surface area contributed by atoms with E-state index in [0.717, 1.165) is 6.42 Å². The fraction of sp³-hybridized carbons (Fsp3) is 1.00. The maximum Gasteiger partial charge on any atom is 0.184 e. The van der Waals surface area contributed by atoms with Crippen LogP contribution in [0.25, 0.3) is 0 Å². The van der Waals surface area contributed by atoms with Gasteiger partial charge in [0.2, 0.25) is 0 Å². The number of unbranched alkanes of at least 4 members (excludes halogenated alkanes) is 15. The molecule has 1 rings (SSSR count). The minimum atomic E-state index is -0.748. The van der Waals surface area contributed by atoms with E-state index in [1.165, 1.54) is 96.3 Å². The molecule has 4 nitrogen and oxygen atoms in total. The zero-order chi connectivity index (χ0) is 21.3. The van der Waals surface area contributed by atoms with Crippen LogP contribution in [0.5, 0.6) is 0 Å². The molecule has 0 bridgehead atoms. The van der Waals surface area contributed by atoms with Crippen molar-refractivity contribution in [2.45, 2.75) is 148 Å². The highest BCUT2D eigenvalue weighted by Gasteiger charge is 2.40. The van der Waals surface area contributed by atoms with E-state index in [0.29, 0.717) is 6.61 Å². The molecule has 29 heavy (non-hydrogen) atoms. The molecule has 0 saturated carbocycles. The lowest BCUT2D eigenvalue weighted by molar-refractivity contribution is -0.279. The Morgan fingerprint density at radius 3 is 1.48 bits per heavy atom. The van der Waals surface area contributed by atoms with Crippen molar-refractivity contribution in [2.75, 3.05) is 6.61 Å². The monoisotopic (exact) mass is 414 g/mol. The number of ether oxygens (including phenoxy) is 2. The third-order valence-corrected chi connectivity index (χ3v) is 6.47. The van der Waals surface area contributed by atoms with Gasteiger partial charge in [-0.25, -0.2) is 0 Å². The first-order valence-electron chi connectivity index (χ1n) is 12.7. The van der Waals surface area contributed by atoms with Crippen molar-refractivity contribution in [2.24, 2.45) is 5.92 Å². The molecule has 174 valence electrons. The molecule has 0 spiro atoms. The fourth-order valence-corrected chi connectivity index (χ4v) is 4.24. The molecule has 4 heteroatoms. The van der Waals surface area contributed by atoms with Crippen LogP contribution in [0.4, 0.5) is 0 Å². The zero-order valence-corrected chi connectivity index (χ0v) is 19.6. The summed E-state index contributed by atoms with van der Waals surface area (Å²) in [4.78, 5) is 0. The van der Waals surface area contributed by atoms with Crippen LogP contribution < -0.4 is 0 Å². The Morgan fingerprint density at radius 2 is 1.03 bits per heavy atom. The van der Waals surface area contributed by atoms with Gasteiger partial charge < -0.3 is 19.7 Å². The van der Waals surface area contributed by atoms with Gasteiger partial charge in [-0.05, 0) is 13.3 Å². The number of hydrogen-bond acceptors (Lipinski definition) is 4. The van der Waals surface area contributed by atoms with Crippen LogP contribution in [0.1, 0.15) is 124 Å². The average Bonchev–Trinajstić information content (AvgIpc) is 2.72. The molecule has 0 aromatic heterocycles. The molecule has 1 aliphatic rings. The summed E-state index contributed by atoms with van der Waals surface area (Å²) in [6, 6.07) is 0. The third kappa shape index (κ3) is 12.3. The van der Waals surface area contributed by atoms with Crippen LogP contribution in [0.15, 0.2) is 0 Å². The van der Waals surface area contributed by atoms with Crippen LogP contribution in [0.3, 0.4) is 0 Å². The lowest BCUT2D eigenvalue weighted by Crippen LogP contribution is -2.53. The highest BCUT2D eigenvalue weighted by Crippen LogP contribution is 2.26. The molecule has 1 fully saturated rings. The topological polar surface area (TPSA) is 58.9 Å². The van der Waals surface area contributed by atoms with Gasteiger partial charge in [0.15, 0.2) is 6.29 Å². The second-order valence-electron chi connectivity index (χ2n) is 9.22. The summed E-state index contributed by atoms with van der Waals surface area (Å²) < 4.78 is 11.3. The second kappa shape index (κ2) is 17.5. The summed E-state index contributed by atoms with van der Waals surface area (Å²) in [6.45, 7) is 6.58. The third-order valence-electron chi connectivity index (χ3n) is 6.47. The Labute approximate surface area is 180 Å². The summed E-state index contributed by atoms with van der Waals surface area (Å²) >= 11 is 0. The maximum atomic E-state index is 10.2.